The van der Waals surface area contributed by atoms with Crippen LogP contribution in [0.5, 0.6) is 0 Å². The maximum absolute atomic E-state index is 9.45. The molecule has 0 aromatic heterocycles. The SMILES string of the molecule is C[C@@H]1CC[C@H]2[C@@H](CO)C[N+](C)(C)C[C@H]21.[I-]. The van der Waals surface area contributed by atoms with E-state index in [2.05, 4.69) is 21.0 Å². The van der Waals surface area contributed by atoms with E-state index in [9.17, 15) is 5.11 Å². The predicted molar refractivity (Wildman–Crippen MR) is 57.8 cm³/mol. The van der Waals surface area contributed by atoms with Gasteiger partial charge in [0.2, 0.25) is 0 Å². The van der Waals surface area contributed by atoms with Crippen molar-refractivity contribution in [3.05, 3.63) is 0 Å². The third kappa shape index (κ3) is 2.67. The van der Waals surface area contributed by atoms with E-state index >= 15 is 0 Å². The van der Waals surface area contributed by atoms with Crippen molar-refractivity contribution in [2.24, 2.45) is 23.7 Å². The highest BCUT2D eigenvalue weighted by Crippen LogP contribution is 2.45. The van der Waals surface area contributed by atoms with E-state index in [1.165, 1.54) is 25.9 Å². The minimum atomic E-state index is 0. The van der Waals surface area contributed by atoms with Crippen molar-refractivity contribution in [3.63, 3.8) is 0 Å². The Hall–Kier alpha value is 0.650. The van der Waals surface area contributed by atoms with Crippen LogP contribution in [0.1, 0.15) is 19.8 Å². The molecule has 4 atom stereocenters. The molecule has 1 heterocycles. The van der Waals surface area contributed by atoms with Gasteiger partial charge in [-0.05, 0) is 24.7 Å². The van der Waals surface area contributed by atoms with Crippen LogP contribution in [-0.2, 0) is 0 Å². The minimum absolute atomic E-state index is 0. The molecule has 1 saturated carbocycles. The largest absolute Gasteiger partial charge is 1.00 e. The van der Waals surface area contributed by atoms with Gasteiger partial charge < -0.3 is 33.6 Å². The summed E-state index contributed by atoms with van der Waals surface area (Å²) in [6.07, 6.45) is 2.74. The van der Waals surface area contributed by atoms with Gasteiger partial charge in [-0.2, -0.15) is 0 Å². The van der Waals surface area contributed by atoms with Gasteiger partial charge in [-0.3, -0.25) is 0 Å². The van der Waals surface area contributed by atoms with Crippen molar-refractivity contribution in [1.82, 2.24) is 0 Å². The number of rotatable bonds is 1. The molecule has 0 radical (unpaired) electrons. The maximum atomic E-state index is 9.45. The lowest BCUT2D eigenvalue weighted by Gasteiger charge is -2.45. The van der Waals surface area contributed by atoms with Crippen LogP contribution in [0.25, 0.3) is 0 Å². The smallest absolute Gasteiger partial charge is 0.0836 e. The zero-order valence-electron chi connectivity index (χ0n) is 10.1. The van der Waals surface area contributed by atoms with Crippen molar-refractivity contribution >= 4 is 0 Å². The van der Waals surface area contributed by atoms with Crippen molar-refractivity contribution in [2.45, 2.75) is 19.8 Å². The van der Waals surface area contributed by atoms with Crippen molar-refractivity contribution in [2.75, 3.05) is 33.8 Å². The summed E-state index contributed by atoms with van der Waals surface area (Å²) in [6, 6.07) is 0. The summed E-state index contributed by atoms with van der Waals surface area (Å²) in [7, 11) is 4.62. The molecule has 0 unspecified atom stereocenters. The maximum Gasteiger partial charge on any atom is 0.0836 e. The average molecular weight is 325 g/mol. The van der Waals surface area contributed by atoms with Crippen molar-refractivity contribution in [1.29, 1.82) is 0 Å². The first-order chi connectivity index (χ1) is 6.53. The second kappa shape index (κ2) is 4.88. The van der Waals surface area contributed by atoms with Gasteiger partial charge in [0, 0.05) is 11.8 Å². The molecular formula is C12H24INO. The van der Waals surface area contributed by atoms with Gasteiger partial charge in [-0.1, -0.05) is 6.92 Å². The van der Waals surface area contributed by atoms with E-state index in [0.717, 1.165) is 22.2 Å². The van der Waals surface area contributed by atoms with Crippen molar-refractivity contribution in [3.8, 4) is 0 Å². The number of likely N-dealkylation sites (tertiary alicyclic amines) is 1. The Morgan fingerprint density at radius 2 is 1.80 bits per heavy atom. The molecule has 2 rings (SSSR count). The molecule has 3 heteroatoms. The second-order valence-electron chi connectivity index (χ2n) is 6.13. The highest BCUT2D eigenvalue weighted by Gasteiger charge is 2.47. The van der Waals surface area contributed by atoms with Crippen LogP contribution < -0.4 is 24.0 Å². The molecule has 1 saturated heterocycles. The molecule has 1 aliphatic heterocycles. The molecule has 1 N–H and O–H groups in total. The van der Waals surface area contributed by atoms with Gasteiger partial charge in [-0.25, -0.2) is 0 Å². The lowest BCUT2D eigenvalue weighted by Crippen LogP contribution is -3.00. The number of hydrogen-bond donors (Lipinski definition) is 1. The summed E-state index contributed by atoms with van der Waals surface area (Å²) >= 11 is 0. The molecular weight excluding hydrogens is 301 g/mol. The van der Waals surface area contributed by atoms with Crippen LogP contribution in [0.2, 0.25) is 0 Å². The first-order valence-corrected chi connectivity index (χ1v) is 5.96. The zero-order chi connectivity index (χ0) is 10.3. The van der Waals surface area contributed by atoms with Gasteiger partial charge >= 0.3 is 0 Å². The summed E-state index contributed by atoms with van der Waals surface area (Å²) in [5, 5.41) is 9.45. The number of hydrogen-bond acceptors (Lipinski definition) is 1. The molecule has 2 nitrogen and oxygen atoms in total. The highest BCUT2D eigenvalue weighted by atomic mass is 127. The summed E-state index contributed by atoms with van der Waals surface area (Å²) in [5.41, 5.74) is 0. The molecule has 2 fully saturated rings. The Morgan fingerprint density at radius 1 is 1.13 bits per heavy atom. The van der Waals surface area contributed by atoms with Crippen LogP contribution in [0, 0.1) is 23.7 Å². The summed E-state index contributed by atoms with van der Waals surface area (Å²) in [5.74, 6) is 3.14. The first-order valence-electron chi connectivity index (χ1n) is 5.96. The number of aliphatic hydroxyl groups excluding tert-OH is 1. The molecule has 0 bridgehead atoms. The number of nitrogens with zero attached hydrogens (tertiary/aromatic N) is 1. The summed E-state index contributed by atoms with van der Waals surface area (Å²) in [6.45, 7) is 5.28. The van der Waals surface area contributed by atoms with E-state index < -0.39 is 0 Å². The Balaban J connectivity index is 0.00000112. The summed E-state index contributed by atoms with van der Waals surface area (Å²) in [4.78, 5) is 0. The normalized spacial score (nSPS) is 43.2. The lowest BCUT2D eigenvalue weighted by atomic mass is 9.77. The molecule has 2 aliphatic rings. The predicted octanol–water partition coefficient (Wildman–Crippen LogP) is -1.65. The van der Waals surface area contributed by atoms with Gasteiger partial charge in [0.25, 0.3) is 0 Å². The average Bonchev–Trinajstić information content (AvgIpc) is 2.45. The van der Waals surface area contributed by atoms with E-state index in [1.54, 1.807) is 0 Å². The molecule has 15 heavy (non-hydrogen) atoms. The van der Waals surface area contributed by atoms with Crippen LogP contribution in [0.15, 0.2) is 0 Å². The van der Waals surface area contributed by atoms with Crippen LogP contribution in [0.4, 0.5) is 0 Å². The third-order valence-electron chi connectivity index (χ3n) is 4.51. The number of quaternary nitrogens is 1. The van der Waals surface area contributed by atoms with E-state index in [0.29, 0.717) is 12.5 Å². The van der Waals surface area contributed by atoms with Crippen LogP contribution in [0.3, 0.4) is 0 Å². The van der Waals surface area contributed by atoms with E-state index in [4.69, 9.17) is 0 Å². The fourth-order valence-electron chi connectivity index (χ4n) is 3.81. The summed E-state index contributed by atoms with van der Waals surface area (Å²) < 4.78 is 1.11. The second-order valence-corrected chi connectivity index (χ2v) is 6.13. The highest BCUT2D eigenvalue weighted by molar-refractivity contribution is 4.89. The zero-order valence-corrected chi connectivity index (χ0v) is 12.3. The third-order valence-corrected chi connectivity index (χ3v) is 4.51. The monoisotopic (exact) mass is 325 g/mol. The van der Waals surface area contributed by atoms with Gasteiger partial charge in [-0.15, -0.1) is 0 Å². The molecule has 90 valence electrons. The topological polar surface area (TPSA) is 20.2 Å². The van der Waals surface area contributed by atoms with E-state index in [-0.39, 0.29) is 24.0 Å². The molecule has 1 aliphatic carbocycles. The molecule has 0 amide bonds. The standard InChI is InChI=1S/C12H24NO.HI/c1-9-4-5-11-10(8-14)6-13(2,3)7-12(9)11;/h9-12,14H,4-8H2,1-3H3;1H/q+1;/p-1/t9-,10-,11+,12+;/m1./s1. The molecule has 0 spiro atoms. The molecule has 0 aromatic rings. The quantitative estimate of drug-likeness (QED) is 0.453. The Morgan fingerprint density at radius 3 is 2.40 bits per heavy atom. The Kier molecular flexibility index (Phi) is 4.46. The van der Waals surface area contributed by atoms with Gasteiger partial charge in [0.05, 0.1) is 33.8 Å². The van der Waals surface area contributed by atoms with Gasteiger partial charge in [0.15, 0.2) is 0 Å². The fraction of sp³-hybridized carbons (Fsp3) is 1.00. The lowest BCUT2D eigenvalue weighted by molar-refractivity contribution is -0.904. The minimum Gasteiger partial charge on any atom is -1.00 e. The number of piperidine rings is 1. The van der Waals surface area contributed by atoms with Crippen LogP contribution >= 0.6 is 0 Å². The van der Waals surface area contributed by atoms with Crippen molar-refractivity contribution < 1.29 is 33.6 Å². The number of halogens is 1. The fourth-order valence-corrected chi connectivity index (χ4v) is 3.81. The van der Waals surface area contributed by atoms with Gasteiger partial charge in [0.1, 0.15) is 0 Å². The Bertz CT molecular complexity index is 220. The Labute approximate surface area is 111 Å². The van der Waals surface area contributed by atoms with Crippen LogP contribution in [-0.4, -0.2) is 43.4 Å². The number of fused-ring (bicyclic) bond motifs is 1. The first kappa shape index (κ1) is 13.7. The number of aliphatic hydroxyl groups is 1. The van der Waals surface area contributed by atoms with E-state index in [1.807, 2.05) is 0 Å². The molecule has 0 aromatic carbocycles.